The van der Waals surface area contributed by atoms with E-state index < -0.39 is 33.6 Å². The highest BCUT2D eigenvalue weighted by Crippen LogP contribution is 2.30. The van der Waals surface area contributed by atoms with Crippen LogP contribution in [0.25, 0.3) is 0 Å². The Morgan fingerprint density at radius 1 is 1.42 bits per heavy atom. The van der Waals surface area contributed by atoms with Crippen molar-refractivity contribution in [2.45, 2.75) is 25.8 Å². The molecule has 132 valence electrons. The maximum atomic E-state index is 13.7. The van der Waals surface area contributed by atoms with Crippen molar-refractivity contribution in [1.29, 1.82) is 0 Å². The molecule has 1 aromatic rings. The van der Waals surface area contributed by atoms with E-state index in [1.807, 2.05) is 4.72 Å². The third-order valence-electron chi connectivity index (χ3n) is 3.65. The summed E-state index contributed by atoms with van der Waals surface area (Å²) in [5.74, 6) is -2.98. The summed E-state index contributed by atoms with van der Waals surface area (Å²) < 4.78 is 38.3. The lowest BCUT2D eigenvalue weighted by Gasteiger charge is -2.24. The van der Waals surface area contributed by atoms with E-state index in [2.05, 4.69) is 0 Å². The van der Waals surface area contributed by atoms with Crippen molar-refractivity contribution in [3.05, 3.63) is 29.6 Å². The highest BCUT2D eigenvalue weighted by atomic mass is 32.2. The average molecular weight is 358 g/mol. The van der Waals surface area contributed by atoms with Crippen molar-refractivity contribution >= 4 is 27.6 Å². The molecule has 0 aromatic heterocycles. The highest BCUT2D eigenvalue weighted by molar-refractivity contribution is 7.92. The lowest BCUT2D eigenvalue weighted by molar-refractivity contribution is -0.141. The van der Waals surface area contributed by atoms with Crippen molar-refractivity contribution in [3.63, 3.8) is 0 Å². The van der Waals surface area contributed by atoms with E-state index in [1.165, 1.54) is 17.9 Å². The molecule has 0 bridgehead atoms. The molecule has 0 radical (unpaired) electrons. The minimum atomic E-state index is -3.69. The normalized spacial score (nSPS) is 15.6. The Morgan fingerprint density at radius 2 is 2.04 bits per heavy atom. The topological polar surface area (TPSA) is 104 Å². The first-order chi connectivity index (χ1) is 11.1. The first-order valence-electron chi connectivity index (χ1n) is 7.39. The molecule has 1 amide bonds. The van der Waals surface area contributed by atoms with Gasteiger partial charge in [-0.2, -0.15) is 0 Å². The number of benzene rings is 1. The third-order valence-corrected chi connectivity index (χ3v) is 4.24. The summed E-state index contributed by atoms with van der Waals surface area (Å²) in [6.45, 7) is 1.55. The summed E-state index contributed by atoms with van der Waals surface area (Å²) in [5.41, 5.74) is -0.211. The number of aliphatic carboxylic acids is 1. The predicted octanol–water partition coefficient (Wildman–Crippen LogP) is 1.52. The van der Waals surface area contributed by atoms with Gasteiger partial charge in [-0.05, 0) is 31.0 Å². The van der Waals surface area contributed by atoms with E-state index in [0.717, 1.165) is 31.2 Å². The molecular weight excluding hydrogens is 339 g/mol. The van der Waals surface area contributed by atoms with Gasteiger partial charge in [-0.25, -0.2) is 12.8 Å². The zero-order valence-electron chi connectivity index (χ0n) is 13.3. The molecule has 2 rings (SSSR count). The van der Waals surface area contributed by atoms with Crippen molar-refractivity contribution in [3.8, 4) is 0 Å². The fourth-order valence-corrected chi connectivity index (χ4v) is 2.82. The van der Waals surface area contributed by atoms with E-state index in [9.17, 15) is 22.4 Å². The van der Waals surface area contributed by atoms with E-state index in [1.54, 1.807) is 0 Å². The number of rotatable bonds is 7. The standard InChI is InChI=1S/C15H19FN2O5S/c1-9(15(20)21)8-18(11-4-5-11)14(19)10-3-6-12(16)13(7-10)17-24(2,22)23/h3,6-7,9,11,17H,4-5,8H2,1-2H3,(H,20,21). The van der Waals surface area contributed by atoms with E-state index in [0.29, 0.717) is 0 Å². The Labute approximate surface area is 139 Å². The molecule has 1 aliphatic rings. The van der Waals surface area contributed by atoms with Gasteiger partial charge < -0.3 is 10.0 Å². The third kappa shape index (κ3) is 4.67. The highest BCUT2D eigenvalue weighted by Gasteiger charge is 2.35. The van der Waals surface area contributed by atoms with Crippen LogP contribution in [0.4, 0.5) is 10.1 Å². The lowest BCUT2D eigenvalue weighted by atomic mass is 10.1. The first kappa shape index (κ1) is 18.2. The van der Waals surface area contributed by atoms with Crippen LogP contribution < -0.4 is 4.72 Å². The van der Waals surface area contributed by atoms with Gasteiger partial charge in [-0.1, -0.05) is 6.92 Å². The van der Waals surface area contributed by atoms with Crippen LogP contribution in [0.1, 0.15) is 30.1 Å². The molecule has 0 heterocycles. The molecule has 1 fully saturated rings. The van der Waals surface area contributed by atoms with Crippen molar-refractivity contribution < 1.29 is 27.5 Å². The van der Waals surface area contributed by atoms with Gasteiger partial charge in [0.25, 0.3) is 5.91 Å². The van der Waals surface area contributed by atoms with Gasteiger partial charge in [-0.3, -0.25) is 14.3 Å². The quantitative estimate of drug-likeness (QED) is 0.769. The van der Waals surface area contributed by atoms with Gasteiger partial charge in [0.05, 0.1) is 17.9 Å². The van der Waals surface area contributed by atoms with E-state index in [4.69, 9.17) is 5.11 Å². The van der Waals surface area contributed by atoms with Crippen LogP contribution in [-0.4, -0.2) is 49.1 Å². The van der Waals surface area contributed by atoms with Gasteiger partial charge in [-0.15, -0.1) is 0 Å². The van der Waals surface area contributed by atoms with E-state index in [-0.39, 0.29) is 23.8 Å². The summed E-state index contributed by atoms with van der Waals surface area (Å²) >= 11 is 0. The summed E-state index contributed by atoms with van der Waals surface area (Å²) in [7, 11) is -3.69. The zero-order valence-corrected chi connectivity index (χ0v) is 14.1. The largest absolute Gasteiger partial charge is 0.481 e. The Morgan fingerprint density at radius 3 is 2.54 bits per heavy atom. The molecule has 9 heteroatoms. The Hall–Kier alpha value is -2.16. The Balaban J connectivity index is 2.26. The molecule has 1 aliphatic carbocycles. The molecule has 1 saturated carbocycles. The lowest BCUT2D eigenvalue weighted by Crippen LogP contribution is -2.38. The number of carboxylic acids is 1. The molecule has 0 spiro atoms. The number of nitrogens with zero attached hydrogens (tertiary/aromatic N) is 1. The molecule has 1 aromatic carbocycles. The van der Waals surface area contributed by atoms with Crippen LogP contribution in [-0.2, 0) is 14.8 Å². The molecule has 1 atom stereocenters. The second-order valence-electron chi connectivity index (χ2n) is 6.00. The van der Waals surface area contributed by atoms with Crippen LogP contribution in [0.3, 0.4) is 0 Å². The second-order valence-corrected chi connectivity index (χ2v) is 7.75. The van der Waals surface area contributed by atoms with Gasteiger partial charge in [0.2, 0.25) is 10.0 Å². The number of anilines is 1. The number of hydrogen-bond donors (Lipinski definition) is 2. The smallest absolute Gasteiger partial charge is 0.308 e. The number of carboxylic acid groups (broad SMARTS) is 1. The molecule has 0 saturated heterocycles. The molecule has 1 unspecified atom stereocenters. The second kappa shape index (κ2) is 6.76. The number of hydrogen-bond acceptors (Lipinski definition) is 4. The number of halogens is 1. The molecule has 2 N–H and O–H groups in total. The summed E-state index contributed by atoms with van der Waals surface area (Å²) in [4.78, 5) is 25.1. The van der Waals surface area contributed by atoms with Crippen LogP contribution in [0.2, 0.25) is 0 Å². The van der Waals surface area contributed by atoms with Crippen molar-refractivity contribution in [2.75, 3.05) is 17.5 Å². The fourth-order valence-electron chi connectivity index (χ4n) is 2.26. The number of nitrogens with one attached hydrogen (secondary N) is 1. The summed E-state index contributed by atoms with van der Waals surface area (Å²) in [5, 5.41) is 9.03. The molecule has 0 aliphatic heterocycles. The number of carbonyl (C=O) groups excluding carboxylic acids is 1. The first-order valence-corrected chi connectivity index (χ1v) is 9.28. The van der Waals surface area contributed by atoms with Gasteiger partial charge >= 0.3 is 5.97 Å². The Kier molecular flexibility index (Phi) is 5.12. The SMILES string of the molecule is CC(CN(C(=O)c1ccc(F)c(NS(C)(=O)=O)c1)C1CC1)C(=O)O. The summed E-state index contributed by atoms with van der Waals surface area (Å²) in [6, 6.07) is 3.36. The minimum Gasteiger partial charge on any atom is -0.481 e. The fraction of sp³-hybridized carbons (Fsp3) is 0.467. The van der Waals surface area contributed by atoms with Gasteiger partial charge in [0, 0.05) is 18.2 Å². The van der Waals surface area contributed by atoms with Crippen molar-refractivity contribution in [2.24, 2.45) is 5.92 Å². The van der Waals surface area contributed by atoms with E-state index >= 15 is 0 Å². The van der Waals surface area contributed by atoms with Crippen LogP contribution in [0, 0.1) is 11.7 Å². The number of carbonyl (C=O) groups is 2. The average Bonchev–Trinajstić information content (AvgIpc) is 3.29. The molecule has 7 nitrogen and oxygen atoms in total. The number of sulfonamides is 1. The monoisotopic (exact) mass is 358 g/mol. The Bertz CT molecular complexity index is 761. The molecule has 24 heavy (non-hydrogen) atoms. The summed E-state index contributed by atoms with van der Waals surface area (Å²) in [6.07, 6.45) is 2.45. The van der Waals surface area contributed by atoms with Crippen molar-refractivity contribution in [1.82, 2.24) is 4.90 Å². The maximum absolute atomic E-state index is 13.7. The zero-order chi connectivity index (χ0) is 18.1. The number of amides is 1. The van der Waals surface area contributed by atoms with Gasteiger partial charge in [0.1, 0.15) is 5.82 Å². The maximum Gasteiger partial charge on any atom is 0.308 e. The van der Waals surface area contributed by atoms with Crippen LogP contribution in [0.5, 0.6) is 0 Å². The molecular formula is C15H19FN2O5S. The minimum absolute atomic E-state index is 0.0318. The van der Waals surface area contributed by atoms with Crippen LogP contribution in [0.15, 0.2) is 18.2 Å². The predicted molar refractivity (Wildman–Crippen MR) is 85.7 cm³/mol. The van der Waals surface area contributed by atoms with Crippen LogP contribution >= 0.6 is 0 Å². The van der Waals surface area contributed by atoms with Gasteiger partial charge in [0.15, 0.2) is 0 Å².